The number of amides is 1. The van der Waals surface area contributed by atoms with Gasteiger partial charge in [0, 0.05) is 12.3 Å². The highest BCUT2D eigenvalue weighted by molar-refractivity contribution is 6.10. The first kappa shape index (κ1) is 19.9. The first-order chi connectivity index (χ1) is 13.1. The monoisotopic (exact) mass is 364 g/mol. The van der Waals surface area contributed by atoms with Gasteiger partial charge in [0.1, 0.15) is 18.2 Å². The van der Waals surface area contributed by atoms with Crippen molar-refractivity contribution < 1.29 is 19.1 Å². The second kappa shape index (κ2) is 10.5. The molecule has 0 spiro atoms. The van der Waals surface area contributed by atoms with Crippen LogP contribution in [0.5, 0.6) is 0 Å². The number of esters is 1. The summed E-state index contributed by atoms with van der Waals surface area (Å²) in [6.07, 6.45) is 1.50. The largest absolute Gasteiger partial charge is 0.460 e. The molecule has 0 saturated carbocycles. The molecule has 1 N–H and O–H groups in total. The number of ether oxygens (including phenoxy) is 2. The molecule has 6 heteroatoms. The molecule has 27 heavy (non-hydrogen) atoms. The van der Waals surface area contributed by atoms with Gasteiger partial charge in [-0.15, -0.1) is 0 Å². The van der Waals surface area contributed by atoms with Crippen LogP contribution in [-0.4, -0.2) is 31.7 Å². The number of rotatable bonds is 8. The van der Waals surface area contributed by atoms with E-state index < -0.39 is 11.9 Å². The minimum absolute atomic E-state index is 0.0362. The fourth-order valence-electron chi connectivity index (χ4n) is 2.21. The first-order valence-electron chi connectivity index (χ1n) is 8.47. The van der Waals surface area contributed by atoms with E-state index in [0.29, 0.717) is 24.5 Å². The van der Waals surface area contributed by atoms with Gasteiger partial charge in [-0.2, -0.15) is 5.26 Å². The van der Waals surface area contributed by atoms with Gasteiger partial charge in [0.2, 0.25) is 0 Å². The summed E-state index contributed by atoms with van der Waals surface area (Å²) in [5.74, 6) is -1.06. The molecular formula is C21H20N2O4. The highest BCUT2D eigenvalue weighted by Gasteiger charge is 2.12. The molecule has 2 aromatic rings. The van der Waals surface area contributed by atoms with E-state index in [2.05, 4.69) is 5.32 Å². The van der Waals surface area contributed by atoms with Crippen molar-refractivity contribution in [2.24, 2.45) is 0 Å². The number of nitriles is 1. The normalized spacial score (nSPS) is 10.7. The quantitative estimate of drug-likeness (QED) is 0.335. The minimum atomic E-state index is -0.553. The molecule has 1 amide bonds. The fourth-order valence-corrected chi connectivity index (χ4v) is 2.21. The summed E-state index contributed by atoms with van der Waals surface area (Å²) in [6.45, 7) is 2.89. The summed E-state index contributed by atoms with van der Waals surface area (Å²) >= 11 is 0. The number of hydrogen-bond donors (Lipinski definition) is 1. The van der Waals surface area contributed by atoms with Gasteiger partial charge in [-0.3, -0.25) is 4.79 Å². The van der Waals surface area contributed by atoms with Gasteiger partial charge in [-0.25, -0.2) is 4.79 Å². The van der Waals surface area contributed by atoms with E-state index in [1.807, 2.05) is 31.2 Å². The lowest BCUT2D eigenvalue weighted by atomic mass is 10.1. The standard InChI is InChI=1S/C21H20N2O4/c1-2-26-11-12-27-21(25)17-9-6-10-19(14-17)23-20(24)18(15-22)13-16-7-4-3-5-8-16/h3-10,13-14H,2,11-12H2,1H3,(H,23,24)/b18-13+. The lowest BCUT2D eigenvalue weighted by Gasteiger charge is -2.08. The van der Waals surface area contributed by atoms with Gasteiger partial charge in [-0.1, -0.05) is 36.4 Å². The fraction of sp³-hybridized carbons (Fsp3) is 0.190. The van der Waals surface area contributed by atoms with Crippen molar-refractivity contribution in [2.75, 3.05) is 25.1 Å². The second-order valence-corrected chi connectivity index (χ2v) is 5.45. The molecule has 0 radical (unpaired) electrons. The van der Waals surface area contributed by atoms with Crippen LogP contribution in [-0.2, 0) is 14.3 Å². The van der Waals surface area contributed by atoms with Crippen LogP contribution in [0.15, 0.2) is 60.2 Å². The maximum absolute atomic E-state index is 12.3. The molecule has 0 atom stereocenters. The molecule has 0 fully saturated rings. The Labute approximate surface area is 158 Å². The second-order valence-electron chi connectivity index (χ2n) is 5.45. The summed E-state index contributed by atoms with van der Waals surface area (Å²) in [7, 11) is 0. The molecule has 0 saturated heterocycles. The molecule has 0 aliphatic carbocycles. The molecule has 0 heterocycles. The van der Waals surface area contributed by atoms with Crippen molar-refractivity contribution in [3.8, 4) is 6.07 Å². The van der Waals surface area contributed by atoms with E-state index in [0.717, 1.165) is 5.56 Å². The molecule has 0 aliphatic rings. The summed E-state index contributed by atoms with van der Waals surface area (Å²) in [5.41, 5.74) is 1.41. The average Bonchev–Trinajstić information content (AvgIpc) is 2.70. The zero-order valence-electron chi connectivity index (χ0n) is 15.0. The Morgan fingerprint density at radius 2 is 1.89 bits per heavy atom. The number of anilines is 1. The summed E-state index contributed by atoms with van der Waals surface area (Å²) in [5, 5.41) is 11.9. The number of carbonyl (C=O) groups excluding carboxylic acids is 2. The third kappa shape index (κ3) is 6.42. The highest BCUT2D eigenvalue weighted by Crippen LogP contribution is 2.14. The Kier molecular flexibility index (Phi) is 7.76. The maximum Gasteiger partial charge on any atom is 0.338 e. The van der Waals surface area contributed by atoms with E-state index in [4.69, 9.17) is 9.47 Å². The third-order valence-electron chi connectivity index (χ3n) is 3.50. The number of carbonyl (C=O) groups is 2. The van der Waals surface area contributed by atoms with Crippen molar-refractivity contribution >= 4 is 23.6 Å². The Morgan fingerprint density at radius 1 is 1.11 bits per heavy atom. The van der Waals surface area contributed by atoms with E-state index in [1.165, 1.54) is 12.1 Å². The Hall–Kier alpha value is -3.43. The first-order valence-corrected chi connectivity index (χ1v) is 8.47. The van der Waals surface area contributed by atoms with Crippen LogP contribution in [0.4, 0.5) is 5.69 Å². The van der Waals surface area contributed by atoms with Gasteiger partial charge >= 0.3 is 5.97 Å². The van der Waals surface area contributed by atoms with Gasteiger partial charge < -0.3 is 14.8 Å². The molecule has 2 aromatic carbocycles. The summed E-state index contributed by atoms with van der Waals surface area (Å²) < 4.78 is 10.2. The van der Waals surface area contributed by atoms with Gasteiger partial charge in [0.05, 0.1) is 12.2 Å². The lowest BCUT2D eigenvalue weighted by molar-refractivity contribution is -0.112. The topological polar surface area (TPSA) is 88.4 Å². The van der Waals surface area contributed by atoms with E-state index in [9.17, 15) is 14.9 Å². The Morgan fingerprint density at radius 3 is 2.59 bits per heavy atom. The average molecular weight is 364 g/mol. The summed E-state index contributed by atoms with van der Waals surface area (Å²) in [4.78, 5) is 24.4. The SMILES string of the molecule is CCOCCOC(=O)c1cccc(NC(=O)/C(C#N)=C/c2ccccc2)c1. The molecule has 0 aliphatic heterocycles. The van der Waals surface area contributed by atoms with Crippen molar-refractivity contribution in [3.05, 3.63) is 71.3 Å². The maximum atomic E-state index is 12.3. The smallest absolute Gasteiger partial charge is 0.338 e. The minimum Gasteiger partial charge on any atom is -0.460 e. The molecule has 138 valence electrons. The van der Waals surface area contributed by atoms with E-state index >= 15 is 0 Å². The zero-order chi connectivity index (χ0) is 19.5. The number of benzene rings is 2. The number of nitrogens with zero attached hydrogens (tertiary/aromatic N) is 1. The lowest BCUT2D eigenvalue weighted by Crippen LogP contribution is -2.15. The predicted molar refractivity (Wildman–Crippen MR) is 102 cm³/mol. The summed E-state index contributed by atoms with van der Waals surface area (Å²) in [6, 6.07) is 17.3. The molecule has 2 rings (SSSR count). The predicted octanol–water partition coefficient (Wildman–Crippen LogP) is 3.43. The van der Waals surface area contributed by atoms with E-state index in [1.54, 1.807) is 30.3 Å². The molecule has 0 bridgehead atoms. The van der Waals surface area contributed by atoms with Crippen LogP contribution in [0.25, 0.3) is 6.08 Å². The number of hydrogen-bond acceptors (Lipinski definition) is 5. The van der Waals surface area contributed by atoms with Crippen LogP contribution in [0.3, 0.4) is 0 Å². The van der Waals surface area contributed by atoms with Crippen LogP contribution in [0.1, 0.15) is 22.8 Å². The third-order valence-corrected chi connectivity index (χ3v) is 3.50. The van der Waals surface area contributed by atoms with Crippen LogP contribution in [0, 0.1) is 11.3 Å². The van der Waals surface area contributed by atoms with Crippen molar-refractivity contribution in [1.82, 2.24) is 0 Å². The zero-order valence-corrected chi connectivity index (χ0v) is 15.0. The molecule has 0 aromatic heterocycles. The Bertz CT molecular complexity index is 854. The molecule has 0 unspecified atom stereocenters. The van der Waals surface area contributed by atoms with Crippen LogP contribution < -0.4 is 5.32 Å². The van der Waals surface area contributed by atoms with Crippen LogP contribution in [0.2, 0.25) is 0 Å². The van der Waals surface area contributed by atoms with Gasteiger partial charge in [0.15, 0.2) is 0 Å². The van der Waals surface area contributed by atoms with Gasteiger partial charge in [-0.05, 0) is 36.8 Å². The molecular weight excluding hydrogens is 344 g/mol. The van der Waals surface area contributed by atoms with E-state index in [-0.39, 0.29) is 12.2 Å². The van der Waals surface area contributed by atoms with Crippen LogP contribution >= 0.6 is 0 Å². The van der Waals surface area contributed by atoms with Gasteiger partial charge in [0.25, 0.3) is 5.91 Å². The van der Waals surface area contributed by atoms with Crippen molar-refractivity contribution in [2.45, 2.75) is 6.92 Å². The molecule has 6 nitrogen and oxygen atoms in total. The Balaban J connectivity index is 2.04. The van der Waals surface area contributed by atoms with Crippen molar-refractivity contribution in [3.63, 3.8) is 0 Å². The van der Waals surface area contributed by atoms with Crippen molar-refractivity contribution in [1.29, 1.82) is 5.26 Å². The highest BCUT2D eigenvalue weighted by atomic mass is 16.6. The number of nitrogens with one attached hydrogen (secondary N) is 1.